The van der Waals surface area contributed by atoms with Crippen LogP contribution in [-0.4, -0.2) is 26.3 Å². The number of hydrogen-bond acceptors (Lipinski definition) is 5. The number of benzene rings is 1. The zero-order valence-corrected chi connectivity index (χ0v) is 13.2. The number of pyridine rings is 1. The van der Waals surface area contributed by atoms with Crippen molar-refractivity contribution in [2.45, 2.75) is 19.9 Å². The SMILES string of the molecule is Cc1[nH]nc2c1c(=O)n(CCCN)c1ccc(-c3cocn3)cc21. The Morgan fingerprint density at radius 1 is 1.38 bits per heavy atom. The van der Waals surface area contributed by atoms with E-state index in [9.17, 15) is 4.79 Å². The van der Waals surface area contributed by atoms with Gasteiger partial charge in [0.15, 0.2) is 6.39 Å². The number of aromatic nitrogens is 4. The number of H-pyrrole nitrogens is 1. The number of aryl methyl sites for hydroxylation is 2. The van der Waals surface area contributed by atoms with Gasteiger partial charge in [-0.2, -0.15) is 5.10 Å². The highest BCUT2D eigenvalue weighted by molar-refractivity contribution is 6.05. The van der Waals surface area contributed by atoms with E-state index in [2.05, 4.69) is 15.2 Å². The van der Waals surface area contributed by atoms with Crippen molar-refractivity contribution in [1.29, 1.82) is 0 Å². The molecule has 0 saturated carbocycles. The van der Waals surface area contributed by atoms with Gasteiger partial charge in [0.2, 0.25) is 0 Å². The normalized spacial score (nSPS) is 11.6. The molecule has 0 radical (unpaired) electrons. The van der Waals surface area contributed by atoms with Crippen molar-refractivity contribution >= 4 is 21.8 Å². The highest BCUT2D eigenvalue weighted by Gasteiger charge is 2.16. The molecule has 0 bridgehead atoms. The molecule has 24 heavy (non-hydrogen) atoms. The molecule has 3 heterocycles. The fourth-order valence-corrected chi connectivity index (χ4v) is 3.08. The number of hydrogen-bond donors (Lipinski definition) is 2. The maximum Gasteiger partial charge on any atom is 0.262 e. The summed E-state index contributed by atoms with van der Waals surface area (Å²) < 4.78 is 6.84. The molecule has 0 saturated heterocycles. The smallest absolute Gasteiger partial charge is 0.262 e. The molecule has 1 aromatic carbocycles. The van der Waals surface area contributed by atoms with Crippen LogP contribution in [-0.2, 0) is 6.54 Å². The van der Waals surface area contributed by atoms with Gasteiger partial charge in [0.05, 0.1) is 10.9 Å². The molecule has 0 aliphatic carbocycles. The topological polar surface area (TPSA) is 103 Å². The average molecular weight is 323 g/mol. The van der Waals surface area contributed by atoms with Gasteiger partial charge in [-0.3, -0.25) is 9.89 Å². The fourth-order valence-electron chi connectivity index (χ4n) is 3.08. The molecular formula is C17H17N5O2. The van der Waals surface area contributed by atoms with Gasteiger partial charge in [-0.15, -0.1) is 0 Å². The molecule has 4 aromatic rings. The molecule has 122 valence electrons. The lowest BCUT2D eigenvalue weighted by atomic mass is 10.1. The van der Waals surface area contributed by atoms with Crippen LogP contribution in [0.15, 0.2) is 40.1 Å². The van der Waals surface area contributed by atoms with E-state index >= 15 is 0 Å². The zero-order valence-electron chi connectivity index (χ0n) is 13.2. The minimum Gasteiger partial charge on any atom is -0.451 e. The second kappa shape index (κ2) is 5.61. The van der Waals surface area contributed by atoms with Crippen molar-refractivity contribution in [3.63, 3.8) is 0 Å². The Balaban J connectivity index is 2.08. The van der Waals surface area contributed by atoms with Gasteiger partial charge >= 0.3 is 0 Å². The van der Waals surface area contributed by atoms with E-state index in [1.54, 1.807) is 10.8 Å². The molecule has 7 nitrogen and oxygen atoms in total. The van der Waals surface area contributed by atoms with Gasteiger partial charge in [0.1, 0.15) is 17.5 Å². The minimum absolute atomic E-state index is 0.0358. The maximum atomic E-state index is 12.9. The van der Waals surface area contributed by atoms with Crippen molar-refractivity contribution < 1.29 is 4.42 Å². The Labute approximate surface area is 137 Å². The molecule has 7 heteroatoms. The van der Waals surface area contributed by atoms with Crippen LogP contribution in [0.2, 0.25) is 0 Å². The van der Waals surface area contributed by atoms with Crippen molar-refractivity contribution in [2.75, 3.05) is 6.54 Å². The first-order valence-electron chi connectivity index (χ1n) is 7.80. The van der Waals surface area contributed by atoms with Crippen LogP contribution in [0.5, 0.6) is 0 Å². The molecule has 4 rings (SSSR count). The highest BCUT2D eigenvalue weighted by Crippen LogP contribution is 2.27. The second-order valence-electron chi connectivity index (χ2n) is 5.78. The van der Waals surface area contributed by atoms with Gasteiger partial charge in [-0.1, -0.05) is 6.07 Å². The van der Waals surface area contributed by atoms with Crippen molar-refractivity contribution in [1.82, 2.24) is 19.7 Å². The zero-order chi connectivity index (χ0) is 16.7. The largest absolute Gasteiger partial charge is 0.451 e. The minimum atomic E-state index is -0.0358. The third-order valence-corrected chi connectivity index (χ3v) is 4.26. The Bertz CT molecular complexity index is 1080. The number of aromatic amines is 1. The lowest BCUT2D eigenvalue weighted by Gasteiger charge is -2.11. The van der Waals surface area contributed by atoms with Crippen LogP contribution in [0, 0.1) is 6.92 Å². The lowest BCUT2D eigenvalue weighted by Crippen LogP contribution is -2.22. The van der Waals surface area contributed by atoms with E-state index in [0.29, 0.717) is 24.0 Å². The van der Waals surface area contributed by atoms with Crippen LogP contribution in [0.25, 0.3) is 33.1 Å². The first kappa shape index (κ1) is 14.6. The molecule has 3 N–H and O–H groups in total. The molecule has 0 amide bonds. The van der Waals surface area contributed by atoms with Crippen molar-refractivity contribution in [3.05, 3.63) is 46.9 Å². The first-order chi connectivity index (χ1) is 11.7. The van der Waals surface area contributed by atoms with E-state index in [1.807, 2.05) is 25.1 Å². The predicted molar refractivity (Wildman–Crippen MR) is 91.8 cm³/mol. The fraction of sp³-hybridized carbons (Fsp3) is 0.235. The van der Waals surface area contributed by atoms with Crippen molar-refractivity contribution in [3.8, 4) is 11.3 Å². The number of nitrogens with two attached hydrogens (primary N) is 1. The number of rotatable bonds is 4. The van der Waals surface area contributed by atoms with Crippen LogP contribution < -0.4 is 11.3 Å². The van der Waals surface area contributed by atoms with E-state index in [4.69, 9.17) is 10.2 Å². The summed E-state index contributed by atoms with van der Waals surface area (Å²) in [6.07, 6.45) is 3.73. The van der Waals surface area contributed by atoms with Gasteiger partial charge in [0, 0.05) is 23.2 Å². The van der Waals surface area contributed by atoms with Gasteiger partial charge in [0.25, 0.3) is 5.56 Å². The number of oxazole rings is 1. The number of nitrogens with one attached hydrogen (secondary N) is 1. The lowest BCUT2D eigenvalue weighted by molar-refractivity contribution is 0.558. The van der Waals surface area contributed by atoms with E-state index in [0.717, 1.165) is 34.3 Å². The average Bonchev–Trinajstić information content (AvgIpc) is 3.24. The van der Waals surface area contributed by atoms with Crippen LogP contribution in [0.3, 0.4) is 0 Å². The van der Waals surface area contributed by atoms with E-state index in [-0.39, 0.29) is 5.56 Å². The summed E-state index contributed by atoms with van der Waals surface area (Å²) in [4.78, 5) is 17.1. The maximum absolute atomic E-state index is 12.9. The Morgan fingerprint density at radius 2 is 2.25 bits per heavy atom. The van der Waals surface area contributed by atoms with Crippen molar-refractivity contribution in [2.24, 2.45) is 5.73 Å². The van der Waals surface area contributed by atoms with Crippen LogP contribution in [0.1, 0.15) is 12.1 Å². The molecular weight excluding hydrogens is 306 g/mol. The second-order valence-corrected chi connectivity index (χ2v) is 5.78. The molecule has 0 atom stereocenters. The first-order valence-corrected chi connectivity index (χ1v) is 7.80. The molecule has 0 unspecified atom stereocenters. The summed E-state index contributed by atoms with van der Waals surface area (Å²) in [5.41, 5.74) is 9.56. The summed E-state index contributed by atoms with van der Waals surface area (Å²) in [5.74, 6) is 0. The highest BCUT2D eigenvalue weighted by atomic mass is 16.3. The Morgan fingerprint density at radius 3 is 3.00 bits per heavy atom. The molecule has 0 spiro atoms. The number of nitrogens with zero attached hydrogens (tertiary/aromatic N) is 3. The Hall–Kier alpha value is -2.93. The monoisotopic (exact) mass is 323 g/mol. The third kappa shape index (κ3) is 2.13. The summed E-state index contributed by atoms with van der Waals surface area (Å²) in [5, 5.41) is 8.80. The summed E-state index contributed by atoms with van der Waals surface area (Å²) in [7, 11) is 0. The van der Waals surface area contributed by atoms with Gasteiger partial charge < -0.3 is 14.7 Å². The molecule has 0 fully saturated rings. The molecule has 3 aromatic heterocycles. The quantitative estimate of drug-likeness (QED) is 0.599. The number of fused-ring (bicyclic) bond motifs is 3. The standard InChI is InChI=1S/C17H17N5O2/c1-10-15-16(21-20-10)12-7-11(13-8-24-9-19-13)3-4-14(12)22(17(15)23)6-2-5-18/h3-4,7-9H,2,5-6,18H2,1H3,(H,20,21). The van der Waals surface area contributed by atoms with E-state index < -0.39 is 0 Å². The van der Waals surface area contributed by atoms with Gasteiger partial charge in [-0.25, -0.2) is 4.98 Å². The summed E-state index contributed by atoms with van der Waals surface area (Å²) >= 11 is 0. The Kier molecular flexibility index (Phi) is 3.42. The van der Waals surface area contributed by atoms with Crippen LogP contribution >= 0.6 is 0 Å². The molecule has 0 aliphatic rings. The van der Waals surface area contributed by atoms with Crippen LogP contribution in [0.4, 0.5) is 0 Å². The third-order valence-electron chi connectivity index (χ3n) is 4.26. The van der Waals surface area contributed by atoms with Gasteiger partial charge in [-0.05, 0) is 32.0 Å². The summed E-state index contributed by atoms with van der Waals surface area (Å²) in [6.45, 7) is 2.97. The molecule has 0 aliphatic heterocycles. The summed E-state index contributed by atoms with van der Waals surface area (Å²) in [6, 6.07) is 5.86. The predicted octanol–water partition coefficient (Wildman–Crippen LogP) is 2.19. The van der Waals surface area contributed by atoms with E-state index in [1.165, 1.54) is 6.39 Å².